The van der Waals surface area contributed by atoms with Gasteiger partial charge in [0.05, 0.1) is 11.0 Å². The first kappa shape index (κ1) is 12.5. The molecule has 2 aromatic rings. The zero-order valence-corrected chi connectivity index (χ0v) is 10.1. The number of alkyl halides is 3. The number of imidazole rings is 1. The Morgan fingerprint density at radius 1 is 1.32 bits per heavy atom. The van der Waals surface area contributed by atoms with E-state index >= 15 is 0 Å². The van der Waals surface area contributed by atoms with Gasteiger partial charge in [-0.25, -0.2) is 4.98 Å². The van der Waals surface area contributed by atoms with Crippen molar-refractivity contribution in [2.45, 2.75) is 37.6 Å². The highest BCUT2D eigenvalue weighted by molar-refractivity contribution is 5.76. The fourth-order valence-corrected chi connectivity index (χ4v) is 2.27. The number of nitrogens with zero attached hydrogens (tertiary/aromatic N) is 2. The van der Waals surface area contributed by atoms with E-state index in [9.17, 15) is 18.3 Å². The van der Waals surface area contributed by atoms with Gasteiger partial charge in [0.25, 0.3) is 0 Å². The van der Waals surface area contributed by atoms with E-state index in [1.54, 1.807) is 12.1 Å². The number of rotatable bonds is 3. The van der Waals surface area contributed by atoms with Crippen LogP contribution in [0.5, 0.6) is 0 Å². The fourth-order valence-electron chi connectivity index (χ4n) is 2.27. The van der Waals surface area contributed by atoms with Crippen molar-refractivity contribution in [2.75, 3.05) is 0 Å². The largest absolute Gasteiger partial charge is 0.414 e. The Morgan fingerprint density at radius 3 is 2.63 bits per heavy atom. The van der Waals surface area contributed by atoms with Crippen LogP contribution in [-0.4, -0.2) is 26.9 Å². The summed E-state index contributed by atoms with van der Waals surface area (Å²) in [5.41, 5.74) is 1.52. The first-order valence-electron chi connectivity index (χ1n) is 6.17. The Labute approximate surface area is 107 Å². The molecule has 1 heterocycles. The summed E-state index contributed by atoms with van der Waals surface area (Å²) in [6.07, 6.45) is -5.55. The van der Waals surface area contributed by atoms with Crippen LogP contribution in [0.2, 0.25) is 0 Å². The minimum atomic E-state index is -4.60. The van der Waals surface area contributed by atoms with E-state index in [-0.39, 0.29) is 6.04 Å². The van der Waals surface area contributed by atoms with Gasteiger partial charge in [-0.15, -0.1) is 0 Å². The third-order valence-corrected chi connectivity index (χ3v) is 3.33. The summed E-state index contributed by atoms with van der Waals surface area (Å²) in [6, 6.07) is 7.49. The lowest BCUT2D eigenvalue weighted by atomic mass is 10.2. The van der Waals surface area contributed by atoms with Crippen LogP contribution in [0.25, 0.3) is 11.0 Å². The van der Waals surface area contributed by atoms with Gasteiger partial charge in [-0.05, 0) is 25.0 Å². The number of aromatic nitrogens is 2. The molecular weight excluding hydrogens is 257 g/mol. The molecule has 1 aromatic heterocycles. The van der Waals surface area contributed by atoms with E-state index in [2.05, 4.69) is 4.98 Å². The molecule has 0 spiro atoms. The maximum atomic E-state index is 12.5. The molecule has 1 aliphatic carbocycles. The second kappa shape index (κ2) is 4.23. The molecule has 0 amide bonds. The van der Waals surface area contributed by atoms with Gasteiger partial charge >= 0.3 is 6.18 Å². The molecule has 1 fully saturated rings. The number of halogens is 3. The Kier molecular flexibility index (Phi) is 2.78. The topological polar surface area (TPSA) is 38.1 Å². The first-order chi connectivity index (χ1) is 8.97. The van der Waals surface area contributed by atoms with Crippen LogP contribution in [0.4, 0.5) is 13.2 Å². The Hall–Kier alpha value is -1.56. The van der Waals surface area contributed by atoms with Crippen molar-refractivity contribution >= 4 is 11.0 Å². The molecule has 3 rings (SSSR count). The molecule has 1 saturated carbocycles. The summed E-state index contributed by atoms with van der Waals surface area (Å²) in [7, 11) is 0. The average molecular weight is 270 g/mol. The molecule has 102 valence electrons. The Balaban J connectivity index is 2.01. The molecule has 19 heavy (non-hydrogen) atoms. The number of benzene rings is 1. The SMILES string of the molecule is OC(Cc1nc2ccccc2n1C1CC1)C(F)(F)F. The van der Waals surface area contributed by atoms with Gasteiger partial charge in [-0.1, -0.05) is 12.1 Å². The van der Waals surface area contributed by atoms with Crippen molar-refractivity contribution in [3.8, 4) is 0 Å². The number of aliphatic hydroxyl groups is 1. The van der Waals surface area contributed by atoms with Crippen molar-refractivity contribution in [1.82, 2.24) is 9.55 Å². The highest BCUT2D eigenvalue weighted by Gasteiger charge is 2.40. The van der Waals surface area contributed by atoms with E-state index in [0.29, 0.717) is 11.3 Å². The lowest BCUT2D eigenvalue weighted by Gasteiger charge is -2.15. The second-order valence-electron chi connectivity index (χ2n) is 4.88. The maximum Gasteiger partial charge on any atom is 0.414 e. The van der Waals surface area contributed by atoms with E-state index in [1.165, 1.54) is 0 Å². The van der Waals surface area contributed by atoms with Gasteiger partial charge in [0, 0.05) is 12.5 Å². The van der Waals surface area contributed by atoms with Gasteiger partial charge in [0.2, 0.25) is 0 Å². The summed E-state index contributed by atoms with van der Waals surface area (Å²) in [6.45, 7) is 0. The molecule has 1 N–H and O–H groups in total. The zero-order chi connectivity index (χ0) is 13.6. The molecule has 1 atom stereocenters. The molecular formula is C13H13F3N2O. The van der Waals surface area contributed by atoms with Crippen LogP contribution in [0.15, 0.2) is 24.3 Å². The van der Waals surface area contributed by atoms with E-state index < -0.39 is 18.7 Å². The van der Waals surface area contributed by atoms with Crippen LogP contribution >= 0.6 is 0 Å². The Morgan fingerprint density at radius 2 is 2.00 bits per heavy atom. The molecule has 3 nitrogen and oxygen atoms in total. The lowest BCUT2D eigenvalue weighted by molar-refractivity contribution is -0.203. The molecule has 1 aromatic carbocycles. The van der Waals surface area contributed by atoms with Crippen LogP contribution < -0.4 is 0 Å². The summed E-state index contributed by atoms with van der Waals surface area (Å²) >= 11 is 0. The zero-order valence-electron chi connectivity index (χ0n) is 10.1. The molecule has 1 aliphatic rings. The molecule has 1 unspecified atom stereocenters. The maximum absolute atomic E-state index is 12.5. The number of fused-ring (bicyclic) bond motifs is 1. The summed E-state index contributed by atoms with van der Waals surface area (Å²) in [4.78, 5) is 4.23. The quantitative estimate of drug-likeness (QED) is 0.931. The van der Waals surface area contributed by atoms with Gasteiger partial charge in [0.15, 0.2) is 6.10 Å². The smallest absolute Gasteiger partial charge is 0.383 e. The standard InChI is InChI=1S/C13H13F3N2O/c14-13(15,16)11(19)7-12-17-9-3-1-2-4-10(9)18(12)8-5-6-8/h1-4,8,11,19H,5-7H2. The van der Waals surface area contributed by atoms with Crippen LogP contribution in [-0.2, 0) is 6.42 Å². The molecule has 0 bridgehead atoms. The second-order valence-corrected chi connectivity index (χ2v) is 4.88. The number of para-hydroxylation sites is 2. The normalized spacial score (nSPS) is 17.9. The molecule has 0 aliphatic heterocycles. The van der Waals surface area contributed by atoms with Crippen molar-refractivity contribution in [1.29, 1.82) is 0 Å². The van der Waals surface area contributed by atoms with Crippen LogP contribution in [0.3, 0.4) is 0 Å². The van der Waals surface area contributed by atoms with Crippen molar-refractivity contribution in [3.05, 3.63) is 30.1 Å². The first-order valence-corrected chi connectivity index (χ1v) is 6.17. The minimum absolute atomic E-state index is 0.225. The van der Waals surface area contributed by atoms with Crippen LogP contribution in [0, 0.1) is 0 Å². The minimum Gasteiger partial charge on any atom is -0.383 e. The summed E-state index contributed by atoms with van der Waals surface area (Å²) in [5.74, 6) is 0.313. The third kappa shape index (κ3) is 2.32. The van der Waals surface area contributed by atoms with Gasteiger partial charge in [0.1, 0.15) is 5.82 Å². The molecule has 0 radical (unpaired) electrons. The summed E-state index contributed by atoms with van der Waals surface area (Å²) < 4.78 is 39.2. The predicted octanol–water partition coefficient (Wildman–Crippen LogP) is 2.84. The van der Waals surface area contributed by atoms with Gasteiger partial charge in [-0.2, -0.15) is 13.2 Å². The van der Waals surface area contributed by atoms with Crippen molar-refractivity contribution < 1.29 is 18.3 Å². The third-order valence-electron chi connectivity index (χ3n) is 3.33. The highest BCUT2D eigenvalue weighted by atomic mass is 19.4. The monoisotopic (exact) mass is 270 g/mol. The van der Waals surface area contributed by atoms with E-state index in [0.717, 1.165) is 18.4 Å². The molecule has 6 heteroatoms. The highest BCUT2D eigenvalue weighted by Crippen LogP contribution is 2.39. The van der Waals surface area contributed by atoms with Crippen molar-refractivity contribution in [2.24, 2.45) is 0 Å². The van der Waals surface area contributed by atoms with E-state index in [4.69, 9.17) is 0 Å². The van der Waals surface area contributed by atoms with Crippen molar-refractivity contribution in [3.63, 3.8) is 0 Å². The lowest BCUT2D eigenvalue weighted by Crippen LogP contribution is -2.31. The van der Waals surface area contributed by atoms with E-state index in [1.807, 2.05) is 16.7 Å². The summed E-state index contributed by atoms with van der Waals surface area (Å²) in [5, 5.41) is 9.21. The predicted molar refractivity (Wildman–Crippen MR) is 63.8 cm³/mol. The van der Waals surface area contributed by atoms with Crippen LogP contribution in [0.1, 0.15) is 24.7 Å². The fraction of sp³-hybridized carbons (Fsp3) is 0.462. The average Bonchev–Trinajstić information content (AvgIpc) is 3.09. The number of hydrogen-bond acceptors (Lipinski definition) is 2. The number of hydrogen-bond donors (Lipinski definition) is 1. The molecule has 0 saturated heterocycles. The number of aliphatic hydroxyl groups excluding tert-OH is 1. The Bertz CT molecular complexity index is 601. The van der Waals surface area contributed by atoms with Gasteiger partial charge < -0.3 is 9.67 Å². The van der Waals surface area contributed by atoms with Gasteiger partial charge in [-0.3, -0.25) is 0 Å².